The Labute approximate surface area is 176 Å². The summed E-state index contributed by atoms with van der Waals surface area (Å²) in [5.74, 6) is 1.71. The molecule has 0 aromatic rings. The smallest absolute Gasteiger partial charge is 0.191 e. The molecule has 7 heteroatoms. The van der Waals surface area contributed by atoms with Gasteiger partial charge in [0, 0.05) is 45.3 Å². The molecule has 1 atom stereocenters. The molecule has 3 fully saturated rings. The van der Waals surface area contributed by atoms with Crippen LogP contribution < -0.4 is 10.6 Å². The lowest BCUT2D eigenvalue weighted by molar-refractivity contribution is -0.0352. The molecule has 1 unspecified atom stereocenters. The number of aliphatic imine (C=N–C) groups is 1. The number of ether oxygens (including phenoxy) is 1. The summed E-state index contributed by atoms with van der Waals surface area (Å²) < 4.78 is 5.58. The third kappa shape index (κ3) is 5.94. The van der Waals surface area contributed by atoms with Gasteiger partial charge in [0.2, 0.25) is 0 Å². The van der Waals surface area contributed by atoms with Crippen LogP contribution in [-0.4, -0.2) is 87.9 Å². The van der Waals surface area contributed by atoms with E-state index in [2.05, 4.69) is 32.5 Å². The molecule has 1 aliphatic carbocycles. The standard InChI is InChI=1S/C19H37N5O.HI/c1-20-18(21-14-17-6-9-23(2)15-17)22-16-19(7-4-3-5-8-19)24-10-12-25-13-11-24;/h17H,3-16H2,1-2H3,(H2,20,21,22);1H. The van der Waals surface area contributed by atoms with Crippen molar-refractivity contribution in [3.05, 3.63) is 0 Å². The van der Waals surface area contributed by atoms with Crippen molar-refractivity contribution >= 4 is 29.9 Å². The van der Waals surface area contributed by atoms with Gasteiger partial charge in [-0.25, -0.2) is 0 Å². The van der Waals surface area contributed by atoms with Crippen LogP contribution in [-0.2, 0) is 4.74 Å². The first-order valence-corrected chi connectivity index (χ1v) is 10.2. The highest BCUT2D eigenvalue weighted by Crippen LogP contribution is 2.33. The Kier molecular flexibility index (Phi) is 9.40. The third-order valence-electron chi connectivity index (χ3n) is 6.32. The van der Waals surface area contributed by atoms with Crippen molar-refractivity contribution in [2.75, 3.05) is 66.6 Å². The van der Waals surface area contributed by atoms with Crippen molar-refractivity contribution in [1.29, 1.82) is 0 Å². The minimum absolute atomic E-state index is 0. The lowest BCUT2D eigenvalue weighted by Crippen LogP contribution is -2.60. The molecule has 3 rings (SSSR count). The van der Waals surface area contributed by atoms with E-state index in [1.165, 1.54) is 51.6 Å². The van der Waals surface area contributed by atoms with Gasteiger partial charge in [-0.15, -0.1) is 24.0 Å². The van der Waals surface area contributed by atoms with E-state index >= 15 is 0 Å². The van der Waals surface area contributed by atoms with Gasteiger partial charge in [-0.3, -0.25) is 9.89 Å². The first kappa shape index (κ1) is 22.2. The summed E-state index contributed by atoms with van der Waals surface area (Å²) in [5.41, 5.74) is 0.285. The third-order valence-corrected chi connectivity index (χ3v) is 6.32. The van der Waals surface area contributed by atoms with Crippen molar-refractivity contribution in [3.63, 3.8) is 0 Å². The SMILES string of the molecule is CN=C(NCC1CCN(C)C1)NCC1(N2CCOCC2)CCCCC1.I. The van der Waals surface area contributed by atoms with Gasteiger partial charge in [-0.1, -0.05) is 19.3 Å². The van der Waals surface area contributed by atoms with Crippen LogP contribution in [0.2, 0.25) is 0 Å². The van der Waals surface area contributed by atoms with Crippen molar-refractivity contribution < 1.29 is 4.74 Å². The lowest BCUT2D eigenvalue weighted by Gasteiger charge is -2.48. The van der Waals surface area contributed by atoms with Gasteiger partial charge in [0.1, 0.15) is 0 Å². The van der Waals surface area contributed by atoms with Crippen molar-refractivity contribution in [1.82, 2.24) is 20.4 Å². The Balaban J connectivity index is 0.00000243. The Morgan fingerprint density at radius 2 is 1.85 bits per heavy atom. The molecule has 2 saturated heterocycles. The monoisotopic (exact) mass is 479 g/mol. The van der Waals surface area contributed by atoms with E-state index in [0.717, 1.165) is 51.3 Å². The van der Waals surface area contributed by atoms with Crippen molar-refractivity contribution in [2.45, 2.75) is 44.1 Å². The molecule has 0 spiro atoms. The first-order valence-electron chi connectivity index (χ1n) is 10.2. The van der Waals surface area contributed by atoms with Gasteiger partial charge < -0.3 is 20.3 Å². The van der Waals surface area contributed by atoms with Crippen LogP contribution >= 0.6 is 24.0 Å². The Hall–Kier alpha value is -0.120. The van der Waals surface area contributed by atoms with Crippen LogP contribution in [0.15, 0.2) is 4.99 Å². The molecular weight excluding hydrogens is 441 g/mol. The summed E-state index contributed by atoms with van der Waals surface area (Å²) in [6.07, 6.45) is 7.96. The molecule has 2 N–H and O–H groups in total. The lowest BCUT2D eigenvalue weighted by atomic mass is 9.80. The maximum Gasteiger partial charge on any atom is 0.191 e. The number of morpholine rings is 1. The van der Waals surface area contributed by atoms with Crippen molar-refractivity contribution in [3.8, 4) is 0 Å². The quantitative estimate of drug-likeness (QED) is 0.358. The van der Waals surface area contributed by atoms with E-state index in [1.807, 2.05) is 7.05 Å². The topological polar surface area (TPSA) is 52.1 Å². The van der Waals surface area contributed by atoms with Gasteiger partial charge in [-0.05, 0) is 38.8 Å². The van der Waals surface area contributed by atoms with E-state index in [1.54, 1.807) is 0 Å². The molecule has 152 valence electrons. The second kappa shape index (κ2) is 11.0. The maximum absolute atomic E-state index is 5.58. The zero-order valence-electron chi connectivity index (χ0n) is 16.6. The van der Waals surface area contributed by atoms with E-state index < -0.39 is 0 Å². The number of rotatable bonds is 5. The molecule has 0 bridgehead atoms. The molecular formula is C19H38IN5O. The van der Waals surface area contributed by atoms with Gasteiger partial charge in [0.05, 0.1) is 13.2 Å². The van der Waals surface area contributed by atoms with Gasteiger partial charge in [-0.2, -0.15) is 0 Å². The fourth-order valence-electron chi connectivity index (χ4n) is 4.76. The molecule has 2 aliphatic heterocycles. The molecule has 3 aliphatic rings. The number of nitrogens with zero attached hydrogens (tertiary/aromatic N) is 3. The molecule has 2 heterocycles. The summed E-state index contributed by atoms with van der Waals surface area (Å²) in [5, 5.41) is 7.22. The second-order valence-corrected chi connectivity index (χ2v) is 8.11. The largest absolute Gasteiger partial charge is 0.379 e. The van der Waals surface area contributed by atoms with E-state index in [0.29, 0.717) is 0 Å². The van der Waals surface area contributed by atoms with Crippen LogP contribution in [0.25, 0.3) is 0 Å². The first-order chi connectivity index (χ1) is 12.2. The zero-order valence-corrected chi connectivity index (χ0v) is 19.0. The maximum atomic E-state index is 5.58. The molecule has 0 aromatic carbocycles. The zero-order chi connectivity index (χ0) is 17.5. The average Bonchev–Trinajstić information content (AvgIpc) is 3.08. The number of halogens is 1. The van der Waals surface area contributed by atoms with Gasteiger partial charge in [0.15, 0.2) is 5.96 Å². The molecule has 1 saturated carbocycles. The summed E-state index contributed by atoms with van der Waals surface area (Å²) in [6.45, 7) is 8.34. The fourth-order valence-corrected chi connectivity index (χ4v) is 4.76. The van der Waals surface area contributed by atoms with Gasteiger partial charge >= 0.3 is 0 Å². The summed E-state index contributed by atoms with van der Waals surface area (Å²) >= 11 is 0. The number of hydrogen-bond donors (Lipinski definition) is 2. The highest BCUT2D eigenvalue weighted by atomic mass is 127. The molecule has 0 radical (unpaired) electrons. The molecule has 26 heavy (non-hydrogen) atoms. The van der Waals surface area contributed by atoms with E-state index in [9.17, 15) is 0 Å². The molecule has 6 nitrogen and oxygen atoms in total. The second-order valence-electron chi connectivity index (χ2n) is 8.11. The van der Waals surface area contributed by atoms with Crippen LogP contribution in [0.5, 0.6) is 0 Å². The predicted octanol–water partition coefficient (Wildman–Crippen LogP) is 1.76. The predicted molar refractivity (Wildman–Crippen MR) is 119 cm³/mol. The average molecular weight is 479 g/mol. The fraction of sp³-hybridized carbons (Fsp3) is 0.947. The molecule has 0 amide bonds. The Morgan fingerprint density at radius 3 is 2.46 bits per heavy atom. The Morgan fingerprint density at radius 1 is 1.12 bits per heavy atom. The number of likely N-dealkylation sites (tertiary alicyclic amines) is 1. The summed E-state index contributed by atoms with van der Waals surface area (Å²) in [4.78, 5) is 9.56. The number of hydrogen-bond acceptors (Lipinski definition) is 4. The minimum atomic E-state index is 0. The summed E-state index contributed by atoms with van der Waals surface area (Å²) in [6, 6.07) is 0. The van der Waals surface area contributed by atoms with Crippen LogP contribution in [0.1, 0.15) is 38.5 Å². The number of guanidine groups is 1. The van der Waals surface area contributed by atoms with Gasteiger partial charge in [0.25, 0.3) is 0 Å². The van der Waals surface area contributed by atoms with E-state index in [4.69, 9.17) is 4.74 Å². The summed E-state index contributed by atoms with van der Waals surface area (Å²) in [7, 11) is 4.10. The normalized spacial score (nSPS) is 27.8. The van der Waals surface area contributed by atoms with Crippen LogP contribution in [0.4, 0.5) is 0 Å². The van der Waals surface area contributed by atoms with Crippen molar-refractivity contribution in [2.24, 2.45) is 10.9 Å². The minimum Gasteiger partial charge on any atom is -0.379 e. The molecule has 0 aromatic heterocycles. The number of nitrogens with one attached hydrogen (secondary N) is 2. The van der Waals surface area contributed by atoms with Crippen LogP contribution in [0.3, 0.4) is 0 Å². The highest BCUT2D eigenvalue weighted by molar-refractivity contribution is 14.0. The Bertz CT molecular complexity index is 436. The highest BCUT2D eigenvalue weighted by Gasteiger charge is 2.38. The van der Waals surface area contributed by atoms with E-state index in [-0.39, 0.29) is 29.5 Å². The van der Waals surface area contributed by atoms with Crippen LogP contribution in [0, 0.1) is 5.92 Å².